The molecule has 0 aromatic carbocycles. The number of amidine groups is 1. The van der Waals surface area contributed by atoms with Gasteiger partial charge in [0.2, 0.25) is 11.8 Å². The second kappa shape index (κ2) is 8.29. The number of rotatable bonds is 7. The molecule has 0 fully saturated rings. The van der Waals surface area contributed by atoms with Crippen LogP contribution in [0, 0.1) is 5.92 Å². The zero-order valence-corrected chi connectivity index (χ0v) is 10.8. The third kappa shape index (κ3) is 5.48. The number of ether oxygens (including phenoxy) is 1. The summed E-state index contributed by atoms with van der Waals surface area (Å²) in [5, 5.41) is 13.8. The average molecular weight is 260 g/mol. The maximum Gasteiger partial charge on any atom is 0.239 e. The van der Waals surface area contributed by atoms with Gasteiger partial charge in [-0.2, -0.15) is 0 Å². The first-order chi connectivity index (χ1) is 8.43. The van der Waals surface area contributed by atoms with Crippen molar-refractivity contribution in [2.45, 2.75) is 6.92 Å². The molecule has 0 rings (SSSR count). The van der Waals surface area contributed by atoms with Crippen molar-refractivity contribution in [1.82, 2.24) is 10.2 Å². The van der Waals surface area contributed by atoms with Crippen LogP contribution in [0.1, 0.15) is 6.92 Å². The van der Waals surface area contributed by atoms with Crippen LogP contribution in [0.4, 0.5) is 0 Å². The van der Waals surface area contributed by atoms with E-state index in [2.05, 4.69) is 10.5 Å². The van der Waals surface area contributed by atoms with Crippen LogP contribution in [0.5, 0.6) is 0 Å². The molecule has 0 aliphatic carbocycles. The lowest BCUT2D eigenvalue weighted by Gasteiger charge is -2.20. The van der Waals surface area contributed by atoms with Crippen LogP contribution in [0.25, 0.3) is 0 Å². The van der Waals surface area contributed by atoms with Gasteiger partial charge in [0.15, 0.2) is 5.84 Å². The summed E-state index contributed by atoms with van der Waals surface area (Å²) in [6.07, 6.45) is 0. The Kier molecular flexibility index (Phi) is 7.45. The predicted octanol–water partition coefficient (Wildman–Crippen LogP) is -1.41. The van der Waals surface area contributed by atoms with Gasteiger partial charge in [-0.25, -0.2) is 0 Å². The molecule has 0 aliphatic heterocycles. The van der Waals surface area contributed by atoms with E-state index in [-0.39, 0.29) is 18.3 Å². The van der Waals surface area contributed by atoms with Gasteiger partial charge in [0, 0.05) is 20.7 Å². The van der Waals surface area contributed by atoms with E-state index in [1.54, 1.807) is 0 Å². The number of hydrogen-bond donors (Lipinski definition) is 3. The Morgan fingerprint density at radius 1 is 1.56 bits per heavy atom. The SMILES string of the molecule is COCCNC(=O)CN(C)C(=O)C(C)C(N)=NO. The minimum Gasteiger partial charge on any atom is -0.409 e. The maximum atomic E-state index is 11.8. The molecule has 2 amide bonds. The van der Waals surface area contributed by atoms with Crippen molar-refractivity contribution in [2.75, 3.05) is 33.9 Å². The zero-order valence-electron chi connectivity index (χ0n) is 10.8. The summed E-state index contributed by atoms with van der Waals surface area (Å²) >= 11 is 0. The third-order valence-electron chi connectivity index (χ3n) is 2.31. The first-order valence-electron chi connectivity index (χ1n) is 5.42. The topological polar surface area (TPSA) is 117 Å². The molecule has 8 heteroatoms. The predicted molar refractivity (Wildman–Crippen MR) is 65.1 cm³/mol. The van der Waals surface area contributed by atoms with Gasteiger partial charge in [0.25, 0.3) is 0 Å². The van der Waals surface area contributed by atoms with E-state index in [9.17, 15) is 9.59 Å². The van der Waals surface area contributed by atoms with Crippen molar-refractivity contribution in [2.24, 2.45) is 16.8 Å². The fraction of sp³-hybridized carbons (Fsp3) is 0.700. The maximum absolute atomic E-state index is 11.8. The van der Waals surface area contributed by atoms with E-state index in [1.807, 2.05) is 0 Å². The number of nitrogens with two attached hydrogens (primary N) is 1. The summed E-state index contributed by atoms with van der Waals surface area (Å²) in [6, 6.07) is 0. The monoisotopic (exact) mass is 260 g/mol. The van der Waals surface area contributed by atoms with Gasteiger partial charge in [-0.3, -0.25) is 9.59 Å². The smallest absolute Gasteiger partial charge is 0.239 e. The van der Waals surface area contributed by atoms with Gasteiger partial charge in [-0.1, -0.05) is 5.16 Å². The van der Waals surface area contributed by atoms with Crippen LogP contribution < -0.4 is 11.1 Å². The van der Waals surface area contributed by atoms with E-state index < -0.39 is 11.8 Å². The Balaban J connectivity index is 4.19. The number of carbonyl (C=O) groups is 2. The Hall–Kier alpha value is -1.83. The molecule has 104 valence electrons. The summed E-state index contributed by atoms with van der Waals surface area (Å²) in [4.78, 5) is 24.4. The molecule has 0 radical (unpaired) electrons. The summed E-state index contributed by atoms with van der Waals surface area (Å²) in [5.41, 5.74) is 5.32. The second-order valence-electron chi connectivity index (χ2n) is 3.78. The fourth-order valence-corrected chi connectivity index (χ4v) is 1.19. The Bertz CT molecular complexity index is 319. The number of methoxy groups -OCH3 is 1. The van der Waals surface area contributed by atoms with Gasteiger partial charge in [0.1, 0.15) is 0 Å². The van der Waals surface area contributed by atoms with Crippen LogP contribution in [0.15, 0.2) is 5.16 Å². The number of hydrogen-bond acceptors (Lipinski definition) is 5. The molecule has 8 nitrogen and oxygen atoms in total. The molecule has 4 N–H and O–H groups in total. The molecule has 0 saturated carbocycles. The summed E-state index contributed by atoms with van der Waals surface area (Å²) in [6.45, 7) is 2.19. The molecule has 0 heterocycles. The molecule has 0 aromatic rings. The first-order valence-corrected chi connectivity index (χ1v) is 5.42. The number of carbonyl (C=O) groups excluding carboxylic acids is 2. The molecule has 0 spiro atoms. The minimum absolute atomic E-state index is 0.0917. The second-order valence-corrected chi connectivity index (χ2v) is 3.78. The fourth-order valence-electron chi connectivity index (χ4n) is 1.19. The Morgan fingerprint density at radius 3 is 2.67 bits per heavy atom. The van der Waals surface area contributed by atoms with Crippen LogP contribution in [0.2, 0.25) is 0 Å². The number of oxime groups is 1. The summed E-state index contributed by atoms with van der Waals surface area (Å²) in [5.74, 6) is -1.65. The molecular formula is C10H20N4O4. The lowest BCUT2D eigenvalue weighted by molar-refractivity contribution is -0.136. The van der Waals surface area contributed by atoms with E-state index in [1.165, 1.54) is 26.0 Å². The van der Waals surface area contributed by atoms with Gasteiger partial charge < -0.3 is 25.9 Å². The van der Waals surface area contributed by atoms with E-state index >= 15 is 0 Å². The van der Waals surface area contributed by atoms with Crippen LogP contribution in [-0.2, 0) is 14.3 Å². The van der Waals surface area contributed by atoms with E-state index in [4.69, 9.17) is 15.7 Å². The average Bonchev–Trinajstić information content (AvgIpc) is 2.36. The van der Waals surface area contributed by atoms with Crippen molar-refractivity contribution in [1.29, 1.82) is 0 Å². The molecule has 0 bridgehead atoms. The van der Waals surface area contributed by atoms with Crippen molar-refractivity contribution in [3.8, 4) is 0 Å². The van der Waals surface area contributed by atoms with E-state index in [0.717, 1.165) is 0 Å². The lowest BCUT2D eigenvalue weighted by atomic mass is 10.1. The highest BCUT2D eigenvalue weighted by atomic mass is 16.5. The normalized spacial score (nSPS) is 12.9. The van der Waals surface area contributed by atoms with Gasteiger partial charge in [-0.05, 0) is 6.92 Å². The molecular weight excluding hydrogens is 240 g/mol. The largest absolute Gasteiger partial charge is 0.409 e. The third-order valence-corrected chi connectivity index (χ3v) is 2.31. The summed E-state index contributed by atoms with van der Waals surface area (Å²) in [7, 11) is 3.00. The van der Waals surface area contributed by atoms with Crippen molar-refractivity contribution in [3.05, 3.63) is 0 Å². The first kappa shape index (κ1) is 16.2. The van der Waals surface area contributed by atoms with Crippen LogP contribution in [-0.4, -0.2) is 61.6 Å². The lowest BCUT2D eigenvalue weighted by Crippen LogP contribution is -2.44. The zero-order chi connectivity index (χ0) is 14.1. The minimum atomic E-state index is -0.772. The quantitative estimate of drug-likeness (QED) is 0.171. The molecule has 0 saturated heterocycles. The van der Waals surface area contributed by atoms with Crippen LogP contribution in [0.3, 0.4) is 0 Å². The Labute approximate surface area is 106 Å². The standard InChI is InChI=1S/C10H20N4O4/c1-7(9(11)13-17)10(16)14(2)6-8(15)12-4-5-18-3/h7,17H,4-6H2,1-3H3,(H2,11,13)(H,12,15). The molecule has 0 aliphatic rings. The molecule has 0 aromatic heterocycles. The Morgan fingerprint density at radius 2 is 2.17 bits per heavy atom. The highest BCUT2D eigenvalue weighted by Gasteiger charge is 2.22. The van der Waals surface area contributed by atoms with Gasteiger partial charge in [0.05, 0.1) is 19.1 Å². The number of nitrogens with zero attached hydrogens (tertiary/aromatic N) is 2. The van der Waals surface area contributed by atoms with E-state index in [0.29, 0.717) is 13.2 Å². The van der Waals surface area contributed by atoms with Crippen molar-refractivity contribution < 1.29 is 19.5 Å². The summed E-state index contributed by atoms with van der Waals surface area (Å²) < 4.78 is 4.77. The van der Waals surface area contributed by atoms with Gasteiger partial charge in [-0.15, -0.1) is 0 Å². The molecule has 1 unspecified atom stereocenters. The number of likely N-dealkylation sites (N-methyl/N-ethyl adjacent to an activating group) is 1. The van der Waals surface area contributed by atoms with Crippen molar-refractivity contribution >= 4 is 17.6 Å². The highest BCUT2D eigenvalue weighted by molar-refractivity contribution is 6.02. The molecule has 1 atom stereocenters. The van der Waals surface area contributed by atoms with Gasteiger partial charge >= 0.3 is 0 Å². The van der Waals surface area contributed by atoms with Crippen molar-refractivity contribution in [3.63, 3.8) is 0 Å². The number of nitrogens with one attached hydrogen (secondary N) is 1. The highest BCUT2D eigenvalue weighted by Crippen LogP contribution is 2.00. The molecule has 18 heavy (non-hydrogen) atoms. The van der Waals surface area contributed by atoms with Crippen LogP contribution >= 0.6 is 0 Å². The number of amides is 2.